The predicted molar refractivity (Wildman–Crippen MR) is 80.1 cm³/mol. The van der Waals surface area contributed by atoms with E-state index in [1.807, 2.05) is 0 Å². The van der Waals surface area contributed by atoms with Crippen LogP contribution in [0.25, 0.3) is 0 Å². The molecule has 3 N–H and O–H groups in total. The first kappa shape index (κ1) is 14.5. The van der Waals surface area contributed by atoms with Gasteiger partial charge in [-0.25, -0.2) is 0 Å². The van der Waals surface area contributed by atoms with Gasteiger partial charge in [-0.3, -0.25) is 4.79 Å². The molecule has 0 saturated heterocycles. The van der Waals surface area contributed by atoms with Crippen molar-refractivity contribution in [3.05, 3.63) is 21.9 Å². The summed E-state index contributed by atoms with van der Waals surface area (Å²) in [7, 11) is 0. The van der Waals surface area contributed by atoms with Crippen LogP contribution in [0.4, 0.5) is 0 Å². The zero-order valence-electron chi connectivity index (χ0n) is 11.7. The average Bonchev–Trinajstić information content (AvgIpc) is 2.83. The smallest absolute Gasteiger partial charge is 0.220 e. The van der Waals surface area contributed by atoms with Crippen LogP contribution < -0.4 is 11.1 Å². The monoisotopic (exact) mass is 280 g/mol. The Labute approximate surface area is 119 Å². The largest absolute Gasteiger partial charge is 0.352 e. The highest BCUT2D eigenvalue weighted by atomic mass is 32.1. The number of amides is 1. The average molecular weight is 280 g/mol. The van der Waals surface area contributed by atoms with Crippen molar-refractivity contribution < 1.29 is 4.79 Å². The molecule has 2 rings (SSSR count). The van der Waals surface area contributed by atoms with Crippen molar-refractivity contribution in [1.29, 1.82) is 0 Å². The maximum atomic E-state index is 12.1. The Morgan fingerprint density at radius 2 is 2.11 bits per heavy atom. The first-order chi connectivity index (χ1) is 9.15. The van der Waals surface area contributed by atoms with Gasteiger partial charge in [0.1, 0.15) is 0 Å². The summed E-state index contributed by atoms with van der Waals surface area (Å²) in [6, 6.07) is 0. The van der Waals surface area contributed by atoms with Crippen LogP contribution in [0.2, 0.25) is 0 Å². The Hall–Kier alpha value is -0.870. The molecule has 1 aliphatic carbocycles. The van der Waals surface area contributed by atoms with Gasteiger partial charge in [0.15, 0.2) is 0 Å². The number of nitrogens with two attached hydrogens (primary N) is 1. The Balaban J connectivity index is 1.84. The number of hydrogen-bond donors (Lipinski definition) is 2. The van der Waals surface area contributed by atoms with Crippen LogP contribution >= 0.6 is 11.3 Å². The van der Waals surface area contributed by atoms with Gasteiger partial charge in [0.05, 0.1) is 0 Å². The Morgan fingerprint density at radius 1 is 1.37 bits per heavy atom. The highest BCUT2D eigenvalue weighted by molar-refractivity contribution is 7.08. The lowest BCUT2D eigenvalue weighted by molar-refractivity contribution is -0.124. The molecule has 0 spiro atoms. The molecule has 1 aliphatic rings. The predicted octanol–water partition coefficient (Wildman–Crippen LogP) is 2.97. The van der Waals surface area contributed by atoms with E-state index in [2.05, 4.69) is 23.0 Å². The van der Waals surface area contributed by atoms with E-state index >= 15 is 0 Å². The number of carbonyl (C=O) groups is 1. The van der Waals surface area contributed by atoms with E-state index in [-0.39, 0.29) is 11.3 Å². The molecule has 1 saturated carbocycles. The van der Waals surface area contributed by atoms with Crippen LogP contribution in [0.5, 0.6) is 0 Å². The van der Waals surface area contributed by atoms with Crippen LogP contribution in [-0.4, -0.2) is 12.5 Å². The van der Waals surface area contributed by atoms with Crippen molar-refractivity contribution in [2.75, 3.05) is 6.54 Å². The lowest BCUT2D eigenvalue weighted by atomic mass is 9.71. The second-order valence-electron chi connectivity index (χ2n) is 5.80. The van der Waals surface area contributed by atoms with Gasteiger partial charge in [0.25, 0.3) is 0 Å². The molecule has 1 aromatic rings. The molecule has 19 heavy (non-hydrogen) atoms. The van der Waals surface area contributed by atoms with Crippen molar-refractivity contribution in [3.63, 3.8) is 0 Å². The summed E-state index contributed by atoms with van der Waals surface area (Å²) in [5, 5.41) is 7.27. The maximum Gasteiger partial charge on any atom is 0.220 e. The summed E-state index contributed by atoms with van der Waals surface area (Å²) in [4.78, 5) is 12.1. The van der Waals surface area contributed by atoms with Gasteiger partial charge < -0.3 is 11.1 Å². The quantitative estimate of drug-likeness (QED) is 0.871. The van der Waals surface area contributed by atoms with Crippen molar-refractivity contribution in [1.82, 2.24) is 5.32 Å². The Morgan fingerprint density at radius 3 is 2.68 bits per heavy atom. The van der Waals surface area contributed by atoms with Gasteiger partial charge in [-0.1, -0.05) is 19.3 Å². The Kier molecular flexibility index (Phi) is 4.99. The molecule has 1 heterocycles. The van der Waals surface area contributed by atoms with Crippen molar-refractivity contribution in [2.24, 2.45) is 11.1 Å². The summed E-state index contributed by atoms with van der Waals surface area (Å²) >= 11 is 1.69. The van der Waals surface area contributed by atoms with Crippen LogP contribution in [0, 0.1) is 12.3 Å². The molecule has 1 amide bonds. The van der Waals surface area contributed by atoms with E-state index in [1.54, 1.807) is 11.3 Å². The van der Waals surface area contributed by atoms with Crippen molar-refractivity contribution in [2.45, 2.75) is 52.0 Å². The lowest BCUT2D eigenvalue weighted by Crippen LogP contribution is -2.38. The summed E-state index contributed by atoms with van der Waals surface area (Å²) in [5.74, 6) is 0.151. The second-order valence-corrected chi connectivity index (χ2v) is 6.54. The summed E-state index contributed by atoms with van der Waals surface area (Å²) in [6.07, 6.45) is 6.52. The molecule has 1 fully saturated rings. The van der Waals surface area contributed by atoms with Gasteiger partial charge in [0.2, 0.25) is 5.91 Å². The molecule has 0 atom stereocenters. The molecule has 0 unspecified atom stereocenters. The first-order valence-corrected chi connectivity index (χ1v) is 8.08. The fourth-order valence-electron chi connectivity index (χ4n) is 2.92. The van der Waals surface area contributed by atoms with E-state index < -0.39 is 0 Å². The van der Waals surface area contributed by atoms with E-state index in [9.17, 15) is 4.79 Å². The third-order valence-corrected chi connectivity index (χ3v) is 5.23. The first-order valence-electron chi connectivity index (χ1n) is 7.14. The topological polar surface area (TPSA) is 55.1 Å². The van der Waals surface area contributed by atoms with E-state index in [1.165, 1.54) is 30.4 Å². The molecule has 0 aliphatic heterocycles. The van der Waals surface area contributed by atoms with E-state index in [4.69, 9.17) is 5.73 Å². The normalized spacial score (nSPS) is 18.2. The Bertz CT molecular complexity index is 422. The minimum atomic E-state index is 0.0615. The molecule has 4 heteroatoms. The van der Waals surface area contributed by atoms with Crippen LogP contribution in [-0.2, 0) is 11.3 Å². The third-order valence-electron chi connectivity index (χ3n) is 4.32. The number of hydrogen-bond acceptors (Lipinski definition) is 3. The highest BCUT2D eigenvalue weighted by Crippen LogP contribution is 2.38. The zero-order valence-corrected chi connectivity index (χ0v) is 12.5. The van der Waals surface area contributed by atoms with Gasteiger partial charge in [-0.15, -0.1) is 0 Å². The molecule has 3 nitrogen and oxygen atoms in total. The summed E-state index contributed by atoms with van der Waals surface area (Å²) in [6.45, 7) is 3.37. The molecular formula is C15H24N2OS. The SMILES string of the molecule is Cc1cscc1CNC(=O)CC1(CN)CCCCC1. The van der Waals surface area contributed by atoms with Gasteiger partial charge in [-0.05, 0) is 53.6 Å². The van der Waals surface area contributed by atoms with Crippen LogP contribution in [0.15, 0.2) is 10.8 Å². The minimum absolute atomic E-state index is 0.0615. The highest BCUT2D eigenvalue weighted by Gasteiger charge is 2.32. The number of nitrogens with one attached hydrogen (secondary N) is 1. The lowest BCUT2D eigenvalue weighted by Gasteiger charge is -2.35. The summed E-state index contributed by atoms with van der Waals surface area (Å²) < 4.78 is 0. The molecule has 0 bridgehead atoms. The van der Waals surface area contributed by atoms with Crippen LogP contribution in [0.3, 0.4) is 0 Å². The van der Waals surface area contributed by atoms with Gasteiger partial charge >= 0.3 is 0 Å². The molecule has 0 radical (unpaired) electrons. The van der Waals surface area contributed by atoms with Crippen LogP contribution in [0.1, 0.15) is 49.7 Å². The second kappa shape index (κ2) is 6.53. The standard InChI is InChI=1S/C15H24N2OS/c1-12-9-19-10-13(12)8-17-14(18)7-15(11-16)5-3-2-4-6-15/h9-10H,2-8,11,16H2,1H3,(H,17,18). The minimum Gasteiger partial charge on any atom is -0.352 e. The van der Waals surface area contributed by atoms with E-state index in [0.29, 0.717) is 19.5 Å². The molecule has 0 aromatic carbocycles. The third kappa shape index (κ3) is 3.80. The fraction of sp³-hybridized carbons (Fsp3) is 0.667. The van der Waals surface area contributed by atoms with Crippen molar-refractivity contribution >= 4 is 17.2 Å². The molecule has 1 aromatic heterocycles. The number of rotatable bonds is 5. The zero-order chi connectivity index (χ0) is 13.7. The maximum absolute atomic E-state index is 12.1. The molecule has 106 valence electrons. The molecular weight excluding hydrogens is 256 g/mol. The van der Waals surface area contributed by atoms with Gasteiger partial charge in [-0.2, -0.15) is 11.3 Å². The van der Waals surface area contributed by atoms with Gasteiger partial charge in [0, 0.05) is 13.0 Å². The number of carbonyl (C=O) groups excluding carboxylic acids is 1. The van der Waals surface area contributed by atoms with Crippen molar-refractivity contribution in [3.8, 4) is 0 Å². The van der Waals surface area contributed by atoms with E-state index in [0.717, 1.165) is 12.8 Å². The fourth-order valence-corrected chi connectivity index (χ4v) is 3.78. The summed E-state index contributed by atoms with van der Waals surface area (Å²) in [5.41, 5.74) is 8.47. The number of thiophene rings is 1. The number of aryl methyl sites for hydroxylation is 1.